The molecule has 0 atom stereocenters. The van der Waals surface area contributed by atoms with Crippen LogP contribution in [0.1, 0.15) is 73.7 Å². The summed E-state index contributed by atoms with van der Waals surface area (Å²) >= 11 is 1.28. The van der Waals surface area contributed by atoms with Crippen molar-refractivity contribution in [2.75, 3.05) is 0 Å². The Morgan fingerprint density at radius 2 is 1.88 bits per heavy atom. The van der Waals surface area contributed by atoms with Crippen LogP contribution in [0.25, 0.3) is 0 Å². The molecule has 0 spiro atoms. The molecule has 94 valence electrons. The fourth-order valence-corrected chi connectivity index (χ4v) is 3.31. The van der Waals surface area contributed by atoms with Crippen LogP contribution >= 0.6 is 11.5 Å². The number of carbonyl (C=O) groups is 1. The van der Waals surface area contributed by atoms with Crippen molar-refractivity contribution in [2.45, 2.75) is 58.3 Å². The number of aromatic nitrogens is 2. The molecule has 1 fully saturated rings. The number of Topliss-reactive ketones (excluding diaryl/α,β-unsaturated/α-hetero) is 1. The van der Waals surface area contributed by atoms with E-state index in [9.17, 15) is 4.79 Å². The van der Waals surface area contributed by atoms with Crippen molar-refractivity contribution in [1.29, 1.82) is 0 Å². The van der Waals surface area contributed by atoms with Crippen molar-refractivity contribution in [3.63, 3.8) is 0 Å². The minimum absolute atomic E-state index is 0.220. The van der Waals surface area contributed by atoms with Crippen molar-refractivity contribution in [1.82, 2.24) is 9.59 Å². The van der Waals surface area contributed by atoms with Crippen LogP contribution in [-0.4, -0.2) is 15.4 Å². The number of hydrogen-bond donors (Lipinski definition) is 0. The van der Waals surface area contributed by atoms with Gasteiger partial charge < -0.3 is 0 Å². The van der Waals surface area contributed by atoms with Gasteiger partial charge in [-0.15, -0.1) is 5.10 Å². The number of nitrogens with zero attached hydrogens (tertiary/aromatic N) is 2. The lowest BCUT2D eigenvalue weighted by Gasteiger charge is -2.12. The first-order valence-electron chi connectivity index (χ1n) is 6.56. The van der Waals surface area contributed by atoms with Gasteiger partial charge in [0.15, 0.2) is 5.78 Å². The molecule has 0 aliphatic heterocycles. The number of ketones is 1. The van der Waals surface area contributed by atoms with Gasteiger partial charge in [-0.25, -0.2) is 0 Å². The SMILES string of the molecule is CC(C)c1nnsc1C(=O)C1CCCCCC1. The lowest BCUT2D eigenvalue weighted by atomic mass is 9.93. The molecule has 0 aromatic carbocycles. The molecule has 1 heterocycles. The molecule has 0 bridgehead atoms. The Hall–Kier alpha value is -0.770. The minimum Gasteiger partial charge on any atom is -0.293 e. The molecular formula is C13H20N2OS. The summed E-state index contributed by atoms with van der Waals surface area (Å²) in [5.74, 6) is 0.807. The molecule has 1 aliphatic carbocycles. The van der Waals surface area contributed by atoms with Gasteiger partial charge in [-0.05, 0) is 30.3 Å². The summed E-state index contributed by atoms with van der Waals surface area (Å²) in [7, 11) is 0. The van der Waals surface area contributed by atoms with E-state index in [1.807, 2.05) is 0 Å². The van der Waals surface area contributed by atoms with Crippen LogP contribution in [0.15, 0.2) is 0 Å². The highest BCUT2D eigenvalue weighted by Crippen LogP contribution is 2.29. The fraction of sp³-hybridized carbons (Fsp3) is 0.769. The summed E-state index contributed by atoms with van der Waals surface area (Å²) < 4.78 is 3.95. The second kappa shape index (κ2) is 5.71. The molecule has 1 saturated carbocycles. The van der Waals surface area contributed by atoms with E-state index in [0.29, 0.717) is 11.7 Å². The Labute approximate surface area is 107 Å². The lowest BCUT2D eigenvalue weighted by molar-refractivity contribution is 0.0910. The molecule has 1 aromatic rings. The third-order valence-electron chi connectivity index (χ3n) is 3.51. The van der Waals surface area contributed by atoms with Crippen LogP contribution in [0.3, 0.4) is 0 Å². The van der Waals surface area contributed by atoms with Gasteiger partial charge >= 0.3 is 0 Å². The predicted molar refractivity (Wildman–Crippen MR) is 69.5 cm³/mol. The second-order valence-corrected chi connectivity index (χ2v) is 5.95. The Kier molecular flexibility index (Phi) is 4.26. The first kappa shape index (κ1) is 12.7. The van der Waals surface area contributed by atoms with Gasteiger partial charge in [-0.2, -0.15) is 0 Å². The summed E-state index contributed by atoms with van der Waals surface area (Å²) in [6, 6.07) is 0. The average molecular weight is 252 g/mol. The smallest absolute Gasteiger partial charge is 0.179 e. The molecule has 3 nitrogen and oxygen atoms in total. The quantitative estimate of drug-likeness (QED) is 0.607. The van der Waals surface area contributed by atoms with Crippen molar-refractivity contribution < 1.29 is 4.79 Å². The lowest BCUT2D eigenvalue weighted by Crippen LogP contribution is -2.15. The van der Waals surface area contributed by atoms with E-state index in [4.69, 9.17) is 0 Å². The summed E-state index contributed by atoms with van der Waals surface area (Å²) in [5, 5.41) is 4.10. The average Bonchev–Trinajstić information content (AvgIpc) is 2.64. The standard InChI is InChI=1S/C13H20N2OS/c1-9(2)11-13(17-15-14-11)12(16)10-7-5-3-4-6-8-10/h9-10H,3-8H2,1-2H3. The van der Waals surface area contributed by atoms with E-state index >= 15 is 0 Å². The van der Waals surface area contributed by atoms with Gasteiger partial charge in [-0.3, -0.25) is 4.79 Å². The first-order valence-corrected chi connectivity index (χ1v) is 7.34. The molecule has 0 unspecified atom stereocenters. The monoisotopic (exact) mass is 252 g/mol. The number of hydrogen-bond acceptors (Lipinski definition) is 4. The van der Waals surface area contributed by atoms with E-state index in [-0.39, 0.29) is 5.92 Å². The highest BCUT2D eigenvalue weighted by Gasteiger charge is 2.26. The minimum atomic E-state index is 0.220. The molecule has 1 aromatic heterocycles. The van der Waals surface area contributed by atoms with Gasteiger partial charge in [0.05, 0.1) is 5.69 Å². The van der Waals surface area contributed by atoms with E-state index in [0.717, 1.165) is 23.4 Å². The summed E-state index contributed by atoms with van der Waals surface area (Å²) in [4.78, 5) is 13.3. The van der Waals surface area contributed by atoms with Crippen LogP contribution in [0, 0.1) is 5.92 Å². The Morgan fingerprint density at radius 1 is 1.24 bits per heavy atom. The van der Waals surface area contributed by atoms with Gasteiger partial charge in [0, 0.05) is 5.92 Å². The zero-order valence-corrected chi connectivity index (χ0v) is 11.4. The van der Waals surface area contributed by atoms with E-state index < -0.39 is 0 Å². The maximum atomic E-state index is 12.5. The van der Waals surface area contributed by atoms with Crippen LogP contribution in [0.2, 0.25) is 0 Å². The summed E-state index contributed by atoms with van der Waals surface area (Å²) in [5.41, 5.74) is 0.893. The van der Waals surface area contributed by atoms with Crippen LogP contribution in [-0.2, 0) is 0 Å². The molecule has 0 N–H and O–H groups in total. The highest BCUT2D eigenvalue weighted by atomic mass is 32.1. The van der Waals surface area contributed by atoms with Crippen LogP contribution < -0.4 is 0 Å². The number of carbonyl (C=O) groups excluding carboxylic acids is 1. The third-order valence-corrected chi connectivity index (χ3v) is 4.27. The zero-order chi connectivity index (χ0) is 12.3. The third kappa shape index (κ3) is 2.92. The largest absolute Gasteiger partial charge is 0.293 e. The molecule has 17 heavy (non-hydrogen) atoms. The van der Waals surface area contributed by atoms with E-state index in [1.165, 1.54) is 37.2 Å². The van der Waals surface area contributed by atoms with Gasteiger partial charge in [-0.1, -0.05) is 44.0 Å². The molecule has 0 amide bonds. The topological polar surface area (TPSA) is 42.9 Å². The predicted octanol–water partition coefficient (Wildman–Crippen LogP) is 3.81. The van der Waals surface area contributed by atoms with Crippen LogP contribution in [0.5, 0.6) is 0 Å². The summed E-state index contributed by atoms with van der Waals surface area (Å²) in [6.45, 7) is 4.14. The number of rotatable bonds is 3. The van der Waals surface area contributed by atoms with Gasteiger partial charge in [0.2, 0.25) is 0 Å². The Bertz CT molecular complexity index is 379. The van der Waals surface area contributed by atoms with Gasteiger partial charge in [0.1, 0.15) is 4.88 Å². The van der Waals surface area contributed by atoms with Crippen LogP contribution in [0.4, 0.5) is 0 Å². The fourth-order valence-electron chi connectivity index (χ4n) is 2.47. The Balaban J connectivity index is 2.15. The molecule has 0 radical (unpaired) electrons. The first-order chi connectivity index (χ1) is 8.20. The molecule has 1 aliphatic rings. The van der Waals surface area contributed by atoms with Crippen molar-refractivity contribution in [3.05, 3.63) is 10.6 Å². The maximum Gasteiger partial charge on any atom is 0.179 e. The van der Waals surface area contributed by atoms with Crippen molar-refractivity contribution in [3.8, 4) is 0 Å². The maximum absolute atomic E-state index is 12.5. The normalized spacial score (nSPS) is 18.3. The molecular weight excluding hydrogens is 232 g/mol. The molecule has 0 saturated heterocycles. The zero-order valence-electron chi connectivity index (χ0n) is 10.6. The highest BCUT2D eigenvalue weighted by molar-refractivity contribution is 7.08. The Morgan fingerprint density at radius 3 is 2.47 bits per heavy atom. The van der Waals surface area contributed by atoms with Crippen molar-refractivity contribution >= 4 is 17.3 Å². The molecule has 4 heteroatoms. The molecule has 2 rings (SSSR count). The van der Waals surface area contributed by atoms with Crippen molar-refractivity contribution in [2.24, 2.45) is 5.92 Å². The second-order valence-electron chi connectivity index (χ2n) is 5.19. The van der Waals surface area contributed by atoms with E-state index in [2.05, 4.69) is 23.4 Å². The van der Waals surface area contributed by atoms with E-state index in [1.54, 1.807) is 0 Å². The van der Waals surface area contributed by atoms with Gasteiger partial charge in [0.25, 0.3) is 0 Å². The summed E-state index contributed by atoms with van der Waals surface area (Å²) in [6.07, 6.45) is 7.05.